The Kier molecular flexibility index (Phi) is 8.28. The number of anilines is 1. The van der Waals surface area contributed by atoms with Crippen LogP contribution in [0.25, 0.3) is 0 Å². The van der Waals surface area contributed by atoms with Crippen molar-refractivity contribution in [3.05, 3.63) is 98.5 Å². The van der Waals surface area contributed by atoms with Gasteiger partial charge >= 0.3 is 0 Å². The van der Waals surface area contributed by atoms with Gasteiger partial charge in [-0.1, -0.05) is 64.7 Å². The summed E-state index contributed by atoms with van der Waals surface area (Å²) in [5.41, 5.74) is 5.74. The molecule has 2 heterocycles. The zero-order valence-electron chi connectivity index (χ0n) is 23.7. The third-order valence-electron chi connectivity index (χ3n) is 8.72. The average molecular weight is 579 g/mol. The van der Waals surface area contributed by atoms with Gasteiger partial charge in [-0.2, -0.15) is 0 Å². The van der Waals surface area contributed by atoms with E-state index in [-0.39, 0.29) is 17.7 Å². The third kappa shape index (κ3) is 5.52. The lowest BCUT2D eigenvalue weighted by Crippen LogP contribution is -2.48. The molecule has 2 amide bonds. The Labute approximate surface area is 247 Å². The number of carbonyl (C=O) groups is 2. The summed E-state index contributed by atoms with van der Waals surface area (Å²) in [6, 6.07) is 20.0. The SMILES string of the molecule is Cc1cc(C)cc(C(=O)N(C)CC(CCN2CCC3(CC2)C(=O)N(C)c2ccccc23)c2ccc(Cl)c(Cl)c2)c1. The van der Waals surface area contributed by atoms with Gasteiger partial charge in [0.2, 0.25) is 5.91 Å². The summed E-state index contributed by atoms with van der Waals surface area (Å²) in [7, 11) is 3.76. The molecule has 1 fully saturated rings. The number of amides is 2. The molecule has 2 aliphatic heterocycles. The molecule has 1 saturated heterocycles. The van der Waals surface area contributed by atoms with Gasteiger partial charge in [-0.15, -0.1) is 0 Å². The maximum Gasteiger partial charge on any atom is 0.253 e. The average Bonchev–Trinajstić information content (AvgIpc) is 3.14. The van der Waals surface area contributed by atoms with E-state index >= 15 is 0 Å². The summed E-state index contributed by atoms with van der Waals surface area (Å²) in [5.74, 6) is 0.318. The molecule has 1 atom stereocenters. The van der Waals surface area contributed by atoms with Crippen molar-refractivity contribution in [3.8, 4) is 0 Å². The van der Waals surface area contributed by atoms with E-state index in [9.17, 15) is 9.59 Å². The summed E-state index contributed by atoms with van der Waals surface area (Å²) < 4.78 is 0. The van der Waals surface area contributed by atoms with E-state index in [0.717, 1.165) is 61.3 Å². The number of likely N-dealkylation sites (tertiary alicyclic amines) is 1. The second-order valence-corrected chi connectivity index (χ2v) is 12.3. The molecule has 3 aromatic carbocycles. The van der Waals surface area contributed by atoms with E-state index in [0.29, 0.717) is 22.2 Å². The molecular formula is C33H37Cl2N3O2. The molecular weight excluding hydrogens is 541 g/mol. The first-order valence-corrected chi connectivity index (χ1v) is 14.7. The van der Waals surface area contributed by atoms with Crippen LogP contribution in [0.2, 0.25) is 10.0 Å². The first-order chi connectivity index (χ1) is 19.1. The van der Waals surface area contributed by atoms with Crippen molar-refractivity contribution in [2.75, 3.05) is 45.2 Å². The summed E-state index contributed by atoms with van der Waals surface area (Å²) in [6.07, 6.45) is 2.49. The fourth-order valence-electron chi connectivity index (χ4n) is 6.56. The van der Waals surface area contributed by atoms with E-state index in [4.69, 9.17) is 23.2 Å². The van der Waals surface area contributed by atoms with Gasteiger partial charge in [-0.05, 0) is 94.2 Å². The summed E-state index contributed by atoms with van der Waals surface area (Å²) in [6.45, 7) is 7.19. The predicted octanol–water partition coefficient (Wildman–Crippen LogP) is 6.87. The number of benzene rings is 3. The molecule has 3 aromatic rings. The molecule has 0 radical (unpaired) electrons. The molecule has 2 aliphatic rings. The lowest BCUT2D eigenvalue weighted by Gasteiger charge is -2.39. The van der Waals surface area contributed by atoms with Gasteiger partial charge in [-0.25, -0.2) is 0 Å². The van der Waals surface area contributed by atoms with Crippen molar-refractivity contribution in [1.82, 2.24) is 9.80 Å². The molecule has 7 heteroatoms. The number of carbonyl (C=O) groups excluding carboxylic acids is 2. The van der Waals surface area contributed by atoms with Crippen LogP contribution in [0.1, 0.15) is 57.8 Å². The molecule has 0 saturated carbocycles. The van der Waals surface area contributed by atoms with Gasteiger partial charge in [0.25, 0.3) is 5.91 Å². The number of fused-ring (bicyclic) bond motifs is 2. The number of likely N-dealkylation sites (N-methyl/N-ethyl adjacent to an activating group) is 2. The van der Waals surface area contributed by atoms with Crippen LogP contribution in [-0.4, -0.2) is 61.9 Å². The topological polar surface area (TPSA) is 43.9 Å². The van der Waals surface area contributed by atoms with Crippen molar-refractivity contribution in [2.24, 2.45) is 0 Å². The first kappa shape index (κ1) is 28.7. The smallest absolute Gasteiger partial charge is 0.253 e. The number of halogens is 2. The van der Waals surface area contributed by atoms with Gasteiger partial charge in [-0.3, -0.25) is 9.59 Å². The molecule has 5 rings (SSSR count). The van der Waals surface area contributed by atoms with E-state index in [2.05, 4.69) is 17.0 Å². The van der Waals surface area contributed by atoms with Crippen LogP contribution in [0.3, 0.4) is 0 Å². The molecule has 0 aliphatic carbocycles. The highest BCUT2D eigenvalue weighted by Gasteiger charge is 2.50. The highest BCUT2D eigenvalue weighted by molar-refractivity contribution is 6.42. The number of aryl methyl sites for hydroxylation is 2. The van der Waals surface area contributed by atoms with E-state index < -0.39 is 5.41 Å². The Bertz CT molecular complexity index is 1410. The fourth-order valence-corrected chi connectivity index (χ4v) is 6.86. The van der Waals surface area contributed by atoms with Gasteiger partial charge < -0.3 is 14.7 Å². The fraction of sp³-hybridized carbons (Fsp3) is 0.394. The van der Waals surface area contributed by atoms with Crippen LogP contribution in [0.4, 0.5) is 5.69 Å². The lowest BCUT2D eigenvalue weighted by molar-refractivity contribution is -0.124. The van der Waals surface area contributed by atoms with Gasteiger partial charge in [0.05, 0.1) is 15.5 Å². The van der Waals surface area contributed by atoms with Crippen molar-refractivity contribution < 1.29 is 9.59 Å². The zero-order chi connectivity index (χ0) is 28.6. The number of piperidine rings is 1. The number of hydrogen-bond acceptors (Lipinski definition) is 3. The van der Waals surface area contributed by atoms with Crippen LogP contribution >= 0.6 is 23.2 Å². The minimum atomic E-state index is -0.413. The maximum atomic E-state index is 13.4. The number of para-hydroxylation sites is 1. The van der Waals surface area contributed by atoms with Crippen molar-refractivity contribution >= 4 is 40.7 Å². The van der Waals surface area contributed by atoms with Crippen LogP contribution in [-0.2, 0) is 10.2 Å². The lowest BCUT2D eigenvalue weighted by atomic mass is 9.73. The highest BCUT2D eigenvalue weighted by atomic mass is 35.5. The Morgan fingerprint density at radius 3 is 2.33 bits per heavy atom. The molecule has 40 heavy (non-hydrogen) atoms. The van der Waals surface area contributed by atoms with Crippen LogP contribution in [0.15, 0.2) is 60.7 Å². The summed E-state index contributed by atoms with van der Waals surface area (Å²) in [4.78, 5) is 32.8. The van der Waals surface area contributed by atoms with Crippen molar-refractivity contribution in [1.29, 1.82) is 0 Å². The molecule has 1 unspecified atom stereocenters. The zero-order valence-corrected chi connectivity index (χ0v) is 25.2. The maximum absolute atomic E-state index is 13.4. The van der Waals surface area contributed by atoms with Gasteiger partial charge in [0.15, 0.2) is 0 Å². The largest absolute Gasteiger partial charge is 0.341 e. The Morgan fingerprint density at radius 2 is 1.65 bits per heavy atom. The van der Waals surface area contributed by atoms with Gasteiger partial charge in [0.1, 0.15) is 0 Å². The molecule has 1 spiro atoms. The Hall–Kier alpha value is -2.86. The molecule has 0 bridgehead atoms. The second kappa shape index (κ2) is 11.6. The Balaban J connectivity index is 1.29. The normalized spacial score (nSPS) is 17.2. The number of rotatable bonds is 7. The molecule has 210 valence electrons. The minimum absolute atomic E-state index is 0.0132. The van der Waals surface area contributed by atoms with E-state index in [1.165, 1.54) is 5.56 Å². The third-order valence-corrected chi connectivity index (χ3v) is 9.46. The quantitative estimate of drug-likeness (QED) is 0.308. The Morgan fingerprint density at radius 1 is 0.975 bits per heavy atom. The first-order valence-electron chi connectivity index (χ1n) is 14.0. The molecule has 0 aromatic heterocycles. The van der Waals surface area contributed by atoms with Crippen LogP contribution in [0, 0.1) is 13.8 Å². The predicted molar refractivity (Wildman–Crippen MR) is 164 cm³/mol. The number of nitrogens with zero attached hydrogens (tertiary/aromatic N) is 3. The van der Waals surface area contributed by atoms with E-state index in [1.54, 1.807) is 0 Å². The summed E-state index contributed by atoms with van der Waals surface area (Å²) >= 11 is 12.6. The second-order valence-electron chi connectivity index (χ2n) is 11.5. The molecule has 0 N–H and O–H groups in total. The van der Waals surface area contributed by atoms with E-state index in [1.807, 2.05) is 86.3 Å². The summed E-state index contributed by atoms with van der Waals surface area (Å²) in [5, 5.41) is 1.05. The van der Waals surface area contributed by atoms with Crippen LogP contribution in [0.5, 0.6) is 0 Å². The van der Waals surface area contributed by atoms with Crippen LogP contribution < -0.4 is 4.90 Å². The standard InChI is InChI=1S/C33H37Cl2N3O2/c1-22-17-23(2)19-26(18-22)31(39)36(3)21-25(24-9-10-28(34)29(35)20-24)11-14-38-15-12-33(13-16-38)27-7-5-6-8-30(27)37(4)32(33)40/h5-10,17-20,25H,11-16,21H2,1-4H3. The van der Waals surface area contributed by atoms with Gasteiger partial charge in [0, 0.05) is 37.8 Å². The van der Waals surface area contributed by atoms with Crippen molar-refractivity contribution in [3.63, 3.8) is 0 Å². The van der Waals surface area contributed by atoms with Crippen molar-refractivity contribution in [2.45, 2.75) is 44.4 Å². The monoisotopic (exact) mass is 577 g/mol. The minimum Gasteiger partial charge on any atom is -0.341 e. The molecule has 5 nitrogen and oxygen atoms in total. The number of hydrogen-bond donors (Lipinski definition) is 0. The highest BCUT2D eigenvalue weighted by Crippen LogP contribution is 2.47.